The topological polar surface area (TPSA) is 121 Å². The zero-order valence-corrected chi connectivity index (χ0v) is 40.0. The second-order valence-corrected chi connectivity index (χ2v) is 21.0. The van der Waals surface area contributed by atoms with Gasteiger partial charge in [0.25, 0.3) is 5.91 Å². The number of carboxylic acids is 1. The summed E-state index contributed by atoms with van der Waals surface area (Å²) >= 11 is 0. The van der Waals surface area contributed by atoms with Crippen LogP contribution in [0.3, 0.4) is 0 Å². The Bertz CT molecular complexity index is 1740. The molecule has 4 saturated carbocycles. The fourth-order valence-corrected chi connectivity index (χ4v) is 14.7. The molecule has 1 saturated heterocycles. The van der Waals surface area contributed by atoms with E-state index in [2.05, 4.69) is 57.5 Å². The van der Waals surface area contributed by atoms with Gasteiger partial charge in [-0.15, -0.1) is 6.58 Å². The Hall–Kier alpha value is -2.78. The van der Waals surface area contributed by atoms with Crippen molar-refractivity contribution in [2.24, 2.45) is 50.7 Å². The Morgan fingerprint density at radius 1 is 0.814 bits per heavy atom. The van der Waals surface area contributed by atoms with Crippen LogP contribution in [-0.2, 0) is 19.4 Å². The maximum absolute atomic E-state index is 14.2. The highest BCUT2D eigenvalue weighted by Gasteiger charge is 2.70. The number of allylic oxidation sites excluding steroid dienone is 3. The smallest absolute Gasteiger partial charge is 0.335 e. The molecular formula is C50H82N2O6S. The first-order valence-corrected chi connectivity index (χ1v) is 25.1. The number of Topliss-reactive ketones (excluding diaryl/α,β-unsaturated/α-hetero) is 1. The summed E-state index contributed by atoms with van der Waals surface area (Å²) in [4.78, 5) is 41.2. The predicted molar refractivity (Wildman–Crippen MR) is 245 cm³/mol. The number of rotatable bonds is 7. The van der Waals surface area contributed by atoms with Crippen LogP contribution in [0.25, 0.3) is 5.57 Å². The van der Waals surface area contributed by atoms with E-state index in [1.54, 1.807) is 18.2 Å². The van der Waals surface area contributed by atoms with Gasteiger partial charge in [-0.3, -0.25) is 14.5 Å². The molecule has 2 unspecified atom stereocenters. The Morgan fingerprint density at radius 2 is 1.41 bits per heavy atom. The number of fused-ring (bicyclic) bond motifs is 7. The zero-order chi connectivity index (χ0) is 44.6. The first-order chi connectivity index (χ1) is 27.9. The van der Waals surface area contributed by atoms with Crippen molar-refractivity contribution in [3.05, 3.63) is 54.1 Å². The number of sulfone groups is 1. The van der Waals surface area contributed by atoms with E-state index in [0.29, 0.717) is 49.5 Å². The molecule has 0 bridgehead atoms. The summed E-state index contributed by atoms with van der Waals surface area (Å²) < 4.78 is 23.6. The summed E-state index contributed by atoms with van der Waals surface area (Å²) in [6, 6.07) is 7.43. The lowest BCUT2D eigenvalue weighted by Crippen LogP contribution is -2.65. The molecule has 0 radical (unpaired) electrons. The number of carbonyl (C=O) groups excluding carboxylic acids is 2. The highest BCUT2D eigenvalue weighted by Crippen LogP contribution is 2.77. The van der Waals surface area contributed by atoms with Crippen molar-refractivity contribution in [2.45, 2.75) is 147 Å². The van der Waals surface area contributed by atoms with Crippen LogP contribution >= 0.6 is 0 Å². The third-order valence-electron chi connectivity index (χ3n) is 16.2. The Kier molecular flexibility index (Phi) is 17.5. The second-order valence-electron chi connectivity index (χ2n) is 18.7. The average Bonchev–Trinajstić information content (AvgIpc) is 3.66. The van der Waals surface area contributed by atoms with Crippen molar-refractivity contribution in [3.8, 4) is 0 Å². The van der Waals surface area contributed by atoms with Gasteiger partial charge in [0, 0.05) is 31.6 Å². The standard InChI is InChI=1S/C41H58N2O6S.C3H6.3C2H6/c1-37(2)29(27-8-10-28(11-9-27)36(46)47)14-17-38(3)32(37)15-18-40(5)33(38)13-12-30-31-7-6-16-41(31,20-19-39(30,40)4)34(44)35(45)42-21-22-43-23-25-50(48,49)26-24-43;1-3-2;3*1-2/h8-11,14,30-33H,6-7,12-13,15-26H2,1-5H3,(H,42,45)(H,46,47);3H,1H2,2H3;3*1-2H3/t30-,31-,32?,33?,38+,39-,40-,41+;;;;/m1..../s1. The number of hydrogen-bond acceptors (Lipinski definition) is 6. The molecule has 2 N–H and O–H groups in total. The summed E-state index contributed by atoms with van der Waals surface area (Å²) in [5.41, 5.74) is 2.59. The maximum atomic E-state index is 14.2. The van der Waals surface area contributed by atoms with Gasteiger partial charge in [0.05, 0.1) is 17.1 Å². The van der Waals surface area contributed by atoms with Gasteiger partial charge in [-0.05, 0) is 133 Å². The number of carboxylic acid groups (broad SMARTS) is 1. The van der Waals surface area contributed by atoms with Crippen LogP contribution in [0.2, 0.25) is 0 Å². The fraction of sp³-hybridized carbons (Fsp3) is 0.740. The van der Waals surface area contributed by atoms with Crippen molar-refractivity contribution in [2.75, 3.05) is 37.7 Å². The Labute approximate surface area is 359 Å². The molecule has 0 spiro atoms. The number of amides is 1. The molecule has 334 valence electrons. The molecule has 6 aliphatic rings. The van der Waals surface area contributed by atoms with E-state index in [9.17, 15) is 27.9 Å². The molecule has 0 aromatic heterocycles. The molecular weight excluding hydrogens is 757 g/mol. The van der Waals surface area contributed by atoms with Crippen molar-refractivity contribution in [1.29, 1.82) is 0 Å². The molecule has 5 aliphatic carbocycles. The molecule has 8 nitrogen and oxygen atoms in total. The predicted octanol–water partition coefficient (Wildman–Crippen LogP) is 10.9. The van der Waals surface area contributed by atoms with Gasteiger partial charge in [0.1, 0.15) is 0 Å². The Balaban J connectivity index is 0.000000962. The molecule has 1 aliphatic heterocycles. The molecule has 1 amide bonds. The van der Waals surface area contributed by atoms with E-state index in [4.69, 9.17) is 0 Å². The van der Waals surface area contributed by atoms with E-state index >= 15 is 0 Å². The summed E-state index contributed by atoms with van der Waals surface area (Å²) in [5, 5.41) is 12.4. The molecule has 1 heterocycles. The molecule has 1 aromatic rings. The lowest BCUT2D eigenvalue weighted by atomic mass is 9.32. The summed E-state index contributed by atoms with van der Waals surface area (Å²) in [6.07, 6.45) is 14.5. The van der Waals surface area contributed by atoms with Crippen LogP contribution in [0.5, 0.6) is 0 Å². The minimum Gasteiger partial charge on any atom is -0.478 e. The van der Waals surface area contributed by atoms with E-state index in [-0.39, 0.29) is 44.9 Å². The van der Waals surface area contributed by atoms with Gasteiger partial charge in [-0.25, -0.2) is 13.2 Å². The fourth-order valence-electron chi connectivity index (χ4n) is 13.5. The molecule has 5 fully saturated rings. The highest BCUT2D eigenvalue weighted by molar-refractivity contribution is 7.91. The SMILES string of the molecule is C=CC.CC.CC.CC.CC1(C)C(c2ccc(C(=O)O)cc2)=CC[C@@]2(C)C1CC[C@]1(C)C2CC[C@@H]2[C@H]3CCC[C@]3(C(=O)C(=O)NCCN3CCS(=O)(=O)CC3)CC[C@]21C. The van der Waals surface area contributed by atoms with Gasteiger partial charge in [-0.1, -0.05) is 107 Å². The van der Waals surface area contributed by atoms with Gasteiger partial charge in [-0.2, -0.15) is 0 Å². The highest BCUT2D eigenvalue weighted by atomic mass is 32.2. The number of benzene rings is 1. The number of carbonyl (C=O) groups is 3. The molecule has 8 atom stereocenters. The van der Waals surface area contributed by atoms with E-state index < -0.39 is 27.1 Å². The van der Waals surface area contributed by atoms with Crippen LogP contribution in [0.4, 0.5) is 0 Å². The lowest BCUT2D eigenvalue weighted by molar-refractivity contribution is -0.221. The normalized spacial score (nSPS) is 34.7. The number of aromatic carboxylic acids is 1. The number of nitrogens with zero attached hydrogens (tertiary/aromatic N) is 1. The molecule has 9 heteroatoms. The monoisotopic (exact) mass is 839 g/mol. The zero-order valence-electron chi connectivity index (χ0n) is 39.1. The number of ketones is 1. The lowest BCUT2D eigenvalue weighted by Gasteiger charge is -2.72. The Morgan fingerprint density at radius 3 is 1.98 bits per heavy atom. The van der Waals surface area contributed by atoms with Crippen LogP contribution in [0.15, 0.2) is 43.0 Å². The van der Waals surface area contributed by atoms with Crippen LogP contribution in [-0.4, -0.2) is 73.8 Å². The molecule has 59 heavy (non-hydrogen) atoms. The maximum Gasteiger partial charge on any atom is 0.335 e. The number of nitrogens with one attached hydrogen (secondary N) is 1. The van der Waals surface area contributed by atoms with Crippen molar-refractivity contribution in [3.63, 3.8) is 0 Å². The summed E-state index contributed by atoms with van der Waals surface area (Å²) in [5.74, 6) is 0.542. The molecule has 1 aromatic carbocycles. The van der Waals surface area contributed by atoms with Crippen molar-refractivity contribution < 1.29 is 27.9 Å². The van der Waals surface area contributed by atoms with Crippen molar-refractivity contribution >= 4 is 33.1 Å². The first-order valence-electron chi connectivity index (χ1n) is 23.3. The minimum atomic E-state index is -2.95. The third-order valence-corrected chi connectivity index (χ3v) is 17.8. The quantitative estimate of drug-likeness (QED) is 0.207. The van der Waals surface area contributed by atoms with Crippen LogP contribution in [0.1, 0.15) is 163 Å². The van der Waals surface area contributed by atoms with Crippen LogP contribution in [0, 0.1) is 50.7 Å². The van der Waals surface area contributed by atoms with Crippen LogP contribution < -0.4 is 5.32 Å². The first kappa shape index (κ1) is 50.6. The summed E-state index contributed by atoms with van der Waals surface area (Å²) in [7, 11) is -2.95. The van der Waals surface area contributed by atoms with E-state index in [1.165, 1.54) is 12.0 Å². The van der Waals surface area contributed by atoms with Gasteiger partial charge in [0.2, 0.25) is 5.78 Å². The van der Waals surface area contributed by atoms with E-state index in [1.807, 2.05) is 60.6 Å². The van der Waals surface area contributed by atoms with Gasteiger partial charge >= 0.3 is 5.97 Å². The third kappa shape index (κ3) is 9.37. The minimum absolute atomic E-state index is 0.0462. The largest absolute Gasteiger partial charge is 0.478 e. The second kappa shape index (κ2) is 20.4. The van der Waals surface area contributed by atoms with E-state index in [0.717, 1.165) is 63.4 Å². The summed E-state index contributed by atoms with van der Waals surface area (Å²) in [6.45, 7) is 31.7. The number of hydrogen-bond donors (Lipinski definition) is 2. The average molecular weight is 839 g/mol. The van der Waals surface area contributed by atoms with Gasteiger partial charge in [0.15, 0.2) is 9.84 Å². The molecule has 7 rings (SSSR count). The van der Waals surface area contributed by atoms with Crippen molar-refractivity contribution in [1.82, 2.24) is 10.2 Å². The van der Waals surface area contributed by atoms with Gasteiger partial charge < -0.3 is 10.4 Å².